The Hall–Kier alpha value is -2.81. The first-order valence-corrected chi connectivity index (χ1v) is 7.39. The molecule has 0 aliphatic rings. The van der Waals surface area contributed by atoms with Gasteiger partial charge in [0.25, 0.3) is 5.91 Å². The molecule has 3 aromatic carbocycles. The van der Waals surface area contributed by atoms with Crippen molar-refractivity contribution in [1.29, 1.82) is 0 Å². The van der Waals surface area contributed by atoms with Crippen LogP contribution < -0.4 is 10.6 Å². The third kappa shape index (κ3) is 3.26. The van der Waals surface area contributed by atoms with Crippen LogP contribution in [0.5, 0.6) is 0 Å². The maximum absolute atomic E-state index is 11.9. The number of carbonyl (C=O) groups is 1. The highest BCUT2D eigenvalue weighted by Crippen LogP contribution is 2.22. The molecule has 0 spiro atoms. The third-order valence-electron chi connectivity index (χ3n) is 3.55. The predicted octanol–water partition coefficient (Wildman–Crippen LogP) is 3.68. The average molecular weight is 290 g/mol. The normalized spacial score (nSPS) is 10.4. The molecule has 0 unspecified atom stereocenters. The van der Waals surface area contributed by atoms with Gasteiger partial charge in [0.05, 0.1) is 0 Å². The molecule has 3 nitrogen and oxygen atoms in total. The standard InChI is InChI=1S/C19H18N2O/c22-19(16-8-2-1-3-9-16)21-14-13-20-18-12-6-10-15-7-4-5-11-17(15)18/h1-12,20H,13-14H2,(H,21,22). The van der Waals surface area contributed by atoms with Crippen LogP contribution in [-0.4, -0.2) is 19.0 Å². The van der Waals surface area contributed by atoms with Gasteiger partial charge < -0.3 is 10.6 Å². The van der Waals surface area contributed by atoms with Crippen molar-refractivity contribution in [3.8, 4) is 0 Å². The molecule has 110 valence electrons. The van der Waals surface area contributed by atoms with Crippen LogP contribution in [0.4, 0.5) is 5.69 Å². The first-order valence-electron chi connectivity index (χ1n) is 7.39. The lowest BCUT2D eigenvalue weighted by atomic mass is 10.1. The Labute approximate surface area is 130 Å². The number of fused-ring (bicyclic) bond motifs is 1. The van der Waals surface area contributed by atoms with Gasteiger partial charge in [-0.05, 0) is 23.6 Å². The van der Waals surface area contributed by atoms with E-state index >= 15 is 0 Å². The second-order valence-corrected chi connectivity index (χ2v) is 5.08. The molecular weight excluding hydrogens is 272 g/mol. The van der Waals surface area contributed by atoms with Gasteiger partial charge in [-0.15, -0.1) is 0 Å². The Morgan fingerprint density at radius 1 is 0.773 bits per heavy atom. The van der Waals surface area contributed by atoms with Crippen LogP contribution in [0.2, 0.25) is 0 Å². The van der Waals surface area contributed by atoms with Crippen LogP contribution in [0.15, 0.2) is 72.8 Å². The molecule has 0 bridgehead atoms. The van der Waals surface area contributed by atoms with Crippen molar-refractivity contribution in [2.75, 3.05) is 18.4 Å². The monoisotopic (exact) mass is 290 g/mol. The zero-order valence-corrected chi connectivity index (χ0v) is 12.3. The van der Waals surface area contributed by atoms with E-state index in [-0.39, 0.29) is 5.91 Å². The van der Waals surface area contributed by atoms with E-state index in [0.29, 0.717) is 18.7 Å². The molecule has 3 heteroatoms. The Kier molecular flexibility index (Phi) is 4.35. The molecule has 0 radical (unpaired) electrons. The van der Waals surface area contributed by atoms with Gasteiger partial charge in [0.1, 0.15) is 0 Å². The van der Waals surface area contributed by atoms with Crippen LogP contribution in [0.25, 0.3) is 10.8 Å². The second-order valence-electron chi connectivity index (χ2n) is 5.08. The van der Waals surface area contributed by atoms with Crippen LogP contribution in [0.3, 0.4) is 0 Å². The number of hydrogen-bond acceptors (Lipinski definition) is 2. The summed E-state index contributed by atoms with van der Waals surface area (Å²) < 4.78 is 0. The lowest BCUT2D eigenvalue weighted by Gasteiger charge is -2.10. The number of carbonyl (C=O) groups excluding carboxylic acids is 1. The van der Waals surface area contributed by atoms with Crippen molar-refractivity contribution in [3.05, 3.63) is 78.4 Å². The van der Waals surface area contributed by atoms with Crippen LogP contribution >= 0.6 is 0 Å². The Morgan fingerprint density at radius 2 is 1.50 bits per heavy atom. The van der Waals surface area contributed by atoms with E-state index in [2.05, 4.69) is 34.9 Å². The smallest absolute Gasteiger partial charge is 0.251 e. The van der Waals surface area contributed by atoms with E-state index < -0.39 is 0 Å². The lowest BCUT2D eigenvalue weighted by molar-refractivity contribution is 0.0955. The first kappa shape index (κ1) is 14.1. The fourth-order valence-electron chi connectivity index (χ4n) is 2.44. The average Bonchev–Trinajstić information content (AvgIpc) is 2.59. The van der Waals surface area contributed by atoms with Crippen LogP contribution in [0.1, 0.15) is 10.4 Å². The molecule has 0 atom stereocenters. The molecular formula is C19H18N2O. The van der Waals surface area contributed by atoms with Gasteiger partial charge in [-0.2, -0.15) is 0 Å². The van der Waals surface area contributed by atoms with Gasteiger partial charge in [-0.1, -0.05) is 54.6 Å². The van der Waals surface area contributed by atoms with Crippen LogP contribution in [0, 0.1) is 0 Å². The van der Waals surface area contributed by atoms with Gasteiger partial charge in [-0.25, -0.2) is 0 Å². The van der Waals surface area contributed by atoms with Crippen molar-refractivity contribution < 1.29 is 4.79 Å². The molecule has 22 heavy (non-hydrogen) atoms. The largest absolute Gasteiger partial charge is 0.383 e. The van der Waals surface area contributed by atoms with Crippen molar-refractivity contribution >= 4 is 22.4 Å². The number of nitrogens with one attached hydrogen (secondary N) is 2. The number of rotatable bonds is 5. The summed E-state index contributed by atoms with van der Waals surface area (Å²) >= 11 is 0. The molecule has 0 aromatic heterocycles. The summed E-state index contributed by atoms with van der Waals surface area (Å²) in [5.41, 5.74) is 1.78. The molecule has 0 aliphatic heterocycles. The number of amides is 1. The quantitative estimate of drug-likeness (QED) is 0.704. The summed E-state index contributed by atoms with van der Waals surface area (Å²) in [6.45, 7) is 1.27. The molecule has 0 aliphatic carbocycles. The molecule has 0 heterocycles. The van der Waals surface area contributed by atoms with E-state index in [9.17, 15) is 4.79 Å². The van der Waals surface area contributed by atoms with Gasteiger partial charge in [0.2, 0.25) is 0 Å². The fraction of sp³-hybridized carbons (Fsp3) is 0.105. The topological polar surface area (TPSA) is 41.1 Å². The van der Waals surface area contributed by atoms with Crippen molar-refractivity contribution in [3.63, 3.8) is 0 Å². The molecule has 0 saturated carbocycles. The predicted molar refractivity (Wildman–Crippen MR) is 91.2 cm³/mol. The number of anilines is 1. The van der Waals surface area contributed by atoms with Gasteiger partial charge >= 0.3 is 0 Å². The third-order valence-corrected chi connectivity index (χ3v) is 3.55. The summed E-state index contributed by atoms with van der Waals surface area (Å²) in [5, 5.41) is 8.70. The molecule has 0 fully saturated rings. The van der Waals surface area contributed by atoms with Crippen LogP contribution in [-0.2, 0) is 0 Å². The summed E-state index contributed by atoms with van der Waals surface area (Å²) in [7, 11) is 0. The van der Waals surface area contributed by atoms with E-state index in [0.717, 1.165) is 5.69 Å². The fourth-order valence-corrected chi connectivity index (χ4v) is 2.44. The summed E-state index contributed by atoms with van der Waals surface area (Å²) in [4.78, 5) is 11.9. The maximum Gasteiger partial charge on any atom is 0.251 e. The van der Waals surface area contributed by atoms with E-state index in [1.807, 2.05) is 48.5 Å². The number of benzene rings is 3. The number of hydrogen-bond donors (Lipinski definition) is 2. The van der Waals surface area contributed by atoms with Gasteiger partial charge in [0.15, 0.2) is 0 Å². The summed E-state index contributed by atoms with van der Waals surface area (Å²) in [5.74, 6) is -0.0414. The highest BCUT2D eigenvalue weighted by molar-refractivity contribution is 5.94. The lowest BCUT2D eigenvalue weighted by Crippen LogP contribution is -2.28. The summed E-state index contributed by atoms with van der Waals surface area (Å²) in [6.07, 6.45) is 0. The Balaban J connectivity index is 1.56. The van der Waals surface area contributed by atoms with E-state index in [1.54, 1.807) is 0 Å². The maximum atomic E-state index is 11.9. The minimum atomic E-state index is -0.0414. The first-order chi connectivity index (χ1) is 10.8. The molecule has 3 aromatic rings. The van der Waals surface area contributed by atoms with Gasteiger partial charge in [-0.3, -0.25) is 4.79 Å². The Morgan fingerprint density at radius 3 is 2.36 bits per heavy atom. The van der Waals surface area contributed by atoms with Crippen molar-refractivity contribution in [2.24, 2.45) is 0 Å². The minimum absolute atomic E-state index is 0.0414. The SMILES string of the molecule is O=C(NCCNc1cccc2ccccc12)c1ccccc1. The highest BCUT2D eigenvalue weighted by atomic mass is 16.1. The zero-order valence-electron chi connectivity index (χ0n) is 12.3. The van der Waals surface area contributed by atoms with Crippen molar-refractivity contribution in [1.82, 2.24) is 5.32 Å². The second kappa shape index (κ2) is 6.76. The van der Waals surface area contributed by atoms with E-state index in [4.69, 9.17) is 0 Å². The molecule has 2 N–H and O–H groups in total. The minimum Gasteiger partial charge on any atom is -0.383 e. The van der Waals surface area contributed by atoms with E-state index in [1.165, 1.54) is 10.8 Å². The molecule has 1 amide bonds. The van der Waals surface area contributed by atoms with Gasteiger partial charge in [0, 0.05) is 29.7 Å². The Bertz CT molecular complexity index is 763. The molecule has 3 rings (SSSR count). The molecule has 0 saturated heterocycles. The summed E-state index contributed by atoms with van der Waals surface area (Å²) in [6, 6.07) is 23.7. The zero-order chi connectivity index (χ0) is 15.2. The highest BCUT2D eigenvalue weighted by Gasteiger charge is 2.03. The van der Waals surface area contributed by atoms with Crippen molar-refractivity contribution in [2.45, 2.75) is 0 Å².